The Morgan fingerprint density at radius 2 is 1.85 bits per heavy atom. The largest absolute Gasteiger partial charge is 0.495 e. The van der Waals surface area contributed by atoms with Gasteiger partial charge in [-0.05, 0) is 24.3 Å². The number of halogens is 4. The summed E-state index contributed by atoms with van der Waals surface area (Å²) >= 11 is 15.4. The van der Waals surface area contributed by atoms with Crippen LogP contribution < -0.4 is 4.74 Å². The molecule has 0 saturated heterocycles. The molecular formula is C14H10BrCl2FO2. The van der Waals surface area contributed by atoms with Gasteiger partial charge in [0.2, 0.25) is 0 Å². The van der Waals surface area contributed by atoms with Crippen molar-refractivity contribution in [3.05, 3.63) is 61.8 Å². The number of ether oxygens (including phenoxy) is 1. The summed E-state index contributed by atoms with van der Waals surface area (Å²) in [6.07, 6.45) is -1.10. The number of aliphatic hydroxyl groups is 1. The molecular weight excluding hydrogens is 370 g/mol. The monoisotopic (exact) mass is 378 g/mol. The normalized spacial score (nSPS) is 12.3. The van der Waals surface area contributed by atoms with Crippen molar-refractivity contribution in [2.45, 2.75) is 6.10 Å². The summed E-state index contributed by atoms with van der Waals surface area (Å²) in [6.45, 7) is 0. The van der Waals surface area contributed by atoms with E-state index in [1.807, 2.05) is 0 Å². The third kappa shape index (κ3) is 3.09. The van der Waals surface area contributed by atoms with E-state index in [-0.39, 0.29) is 5.02 Å². The maximum absolute atomic E-state index is 13.3. The first-order chi connectivity index (χ1) is 9.43. The molecule has 1 N–H and O–H groups in total. The van der Waals surface area contributed by atoms with Crippen molar-refractivity contribution < 1.29 is 14.2 Å². The van der Waals surface area contributed by atoms with Gasteiger partial charge in [-0.25, -0.2) is 4.39 Å². The van der Waals surface area contributed by atoms with Crippen LogP contribution in [0, 0.1) is 5.82 Å². The van der Waals surface area contributed by atoms with Crippen LogP contribution in [-0.4, -0.2) is 12.2 Å². The van der Waals surface area contributed by atoms with Crippen LogP contribution >= 0.6 is 39.1 Å². The second kappa shape index (κ2) is 6.31. The molecule has 0 heterocycles. The second-order valence-corrected chi connectivity index (χ2v) is 5.75. The molecule has 1 unspecified atom stereocenters. The maximum atomic E-state index is 13.3. The van der Waals surface area contributed by atoms with Crippen molar-refractivity contribution in [1.29, 1.82) is 0 Å². The van der Waals surface area contributed by atoms with Gasteiger partial charge in [0, 0.05) is 21.7 Å². The summed E-state index contributed by atoms with van der Waals surface area (Å²) in [7, 11) is 1.47. The SMILES string of the molecule is COc1cc(Cl)c(C(O)c2cc(F)ccc2Br)cc1Cl. The molecule has 0 aromatic heterocycles. The lowest BCUT2D eigenvalue weighted by Crippen LogP contribution is -2.03. The van der Waals surface area contributed by atoms with E-state index in [4.69, 9.17) is 27.9 Å². The van der Waals surface area contributed by atoms with Gasteiger partial charge in [0.1, 0.15) is 17.7 Å². The molecule has 1 atom stereocenters. The van der Waals surface area contributed by atoms with Crippen molar-refractivity contribution in [2.24, 2.45) is 0 Å². The molecule has 0 aliphatic heterocycles. The van der Waals surface area contributed by atoms with Gasteiger partial charge < -0.3 is 9.84 Å². The Morgan fingerprint density at radius 1 is 1.15 bits per heavy atom. The Balaban J connectivity index is 2.50. The molecule has 0 saturated carbocycles. The van der Waals surface area contributed by atoms with E-state index < -0.39 is 11.9 Å². The van der Waals surface area contributed by atoms with Crippen LogP contribution in [0.2, 0.25) is 10.0 Å². The molecule has 2 rings (SSSR count). The molecule has 0 amide bonds. The molecule has 20 heavy (non-hydrogen) atoms. The minimum absolute atomic E-state index is 0.287. The summed E-state index contributed by atoms with van der Waals surface area (Å²) in [6, 6.07) is 7.07. The molecule has 106 valence electrons. The van der Waals surface area contributed by atoms with E-state index in [0.717, 1.165) is 0 Å². The van der Waals surface area contributed by atoms with E-state index in [0.29, 0.717) is 26.4 Å². The lowest BCUT2D eigenvalue weighted by Gasteiger charge is -2.16. The third-order valence-electron chi connectivity index (χ3n) is 2.82. The first kappa shape index (κ1) is 15.6. The first-order valence-electron chi connectivity index (χ1n) is 5.60. The van der Waals surface area contributed by atoms with Gasteiger partial charge in [-0.2, -0.15) is 0 Å². The standard InChI is InChI=1S/C14H10BrCl2FO2/c1-20-13-6-11(16)9(5-12(13)17)14(19)8-4-7(18)2-3-10(8)15/h2-6,14,19H,1H3. The van der Waals surface area contributed by atoms with E-state index in [1.165, 1.54) is 37.4 Å². The zero-order valence-electron chi connectivity index (χ0n) is 10.3. The molecule has 0 bridgehead atoms. The van der Waals surface area contributed by atoms with Gasteiger partial charge in [-0.1, -0.05) is 39.1 Å². The van der Waals surface area contributed by atoms with Crippen LogP contribution in [0.5, 0.6) is 5.75 Å². The van der Waals surface area contributed by atoms with E-state index >= 15 is 0 Å². The summed E-state index contributed by atoms with van der Waals surface area (Å²) in [5.41, 5.74) is 0.747. The highest BCUT2D eigenvalue weighted by Crippen LogP contribution is 2.38. The molecule has 0 radical (unpaired) electrons. The maximum Gasteiger partial charge on any atom is 0.138 e. The number of benzene rings is 2. The minimum Gasteiger partial charge on any atom is -0.495 e. The molecule has 0 aliphatic carbocycles. The van der Waals surface area contributed by atoms with Gasteiger partial charge in [0.25, 0.3) is 0 Å². The summed E-state index contributed by atoms with van der Waals surface area (Å²) in [5, 5.41) is 11.0. The number of aliphatic hydroxyl groups excluding tert-OH is 1. The highest BCUT2D eigenvalue weighted by molar-refractivity contribution is 9.10. The van der Waals surface area contributed by atoms with Crippen molar-refractivity contribution in [2.75, 3.05) is 7.11 Å². The topological polar surface area (TPSA) is 29.5 Å². The van der Waals surface area contributed by atoms with Crippen molar-refractivity contribution >= 4 is 39.1 Å². The molecule has 2 nitrogen and oxygen atoms in total. The molecule has 0 aliphatic rings. The average molecular weight is 380 g/mol. The van der Waals surface area contributed by atoms with Crippen LogP contribution in [0.1, 0.15) is 17.2 Å². The summed E-state index contributed by atoms with van der Waals surface area (Å²) in [4.78, 5) is 0. The smallest absolute Gasteiger partial charge is 0.138 e. The molecule has 2 aromatic carbocycles. The van der Waals surface area contributed by atoms with Crippen LogP contribution in [0.3, 0.4) is 0 Å². The van der Waals surface area contributed by atoms with Gasteiger partial charge in [-0.3, -0.25) is 0 Å². The Labute approximate surface area is 134 Å². The number of methoxy groups -OCH3 is 1. The number of rotatable bonds is 3. The Kier molecular flexibility index (Phi) is 4.91. The van der Waals surface area contributed by atoms with Crippen LogP contribution in [0.25, 0.3) is 0 Å². The molecule has 0 spiro atoms. The molecule has 0 fully saturated rings. The average Bonchev–Trinajstić information content (AvgIpc) is 2.42. The van der Waals surface area contributed by atoms with Gasteiger partial charge in [0.15, 0.2) is 0 Å². The zero-order valence-corrected chi connectivity index (χ0v) is 13.4. The number of hydrogen-bond acceptors (Lipinski definition) is 2. The van der Waals surface area contributed by atoms with E-state index in [1.54, 1.807) is 0 Å². The fourth-order valence-corrected chi connectivity index (χ4v) is 2.77. The summed E-state index contributed by atoms with van der Waals surface area (Å²) < 4.78 is 18.9. The van der Waals surface area contributed by atoms with Crippen LogP contribution in [0.15, 0.2) is 34.8 Å². The predicted molar refractivity (Wildman–Crippen MR) is 81.2 cm³/mol. The lowest BCUT2D eigenvalue weighted by molar-refractivity contribution is 0.219. The highest BCUT2D eigenvalue weighted by atomic mass is 79.9. The van der Waals surface area contributed by atoms with Crippen molar-refractivity contribution in [3.63, 3.8) is 0 Å². The zero-order chi connectivity index (χ0) is 14.9. The third-order valence-corrected chi connectivity index (χ3v) is 4.16. The van der Waals surface area contributed by atoms with Crippen LogP contribution in [0.4, 0.5) is 4.39 Å². The van der Waals surface area contributed by atoms with Crippen molar-refractivity contribution in [3.8, 4) is 5.75 Å². The second-order valence-electron chi connectivity index (χ2n) is 4.08. The lowest BCUT2D eigenvalue weighted by atomic mass is 10.0. The minimum atomic E-state index is -1.10. The van der Waals surface area contributed by atoms with E-state index in [2.05, 4.69) is 15.9 Å². The predicted octanol–water partition coefficient (Wildman–Crippen LogP) is 4.99. The fourth-order valence-electron chi connectivity index (χ4n) is 1.80. The Hall–Kier alpha value is -0.810. The Bertz CT molecular complexity index is 649. The van der Waals surface area contributed by atoms with Gasteiger partial charge in [0.05, 0.1) is 17.2 Å². The van der Waals surface area contributed by atoms with Gasteiger partial charge in [-0.15, -0.1) is 0 Å². The highest BCUT2D eigenvalue weighted by Gasteiger charge is 2.19. The first-order valence-corrected chi connectivity index (χ1v) is 7.15. The number of hydrogen-bond donors (Lipinski definition) is 1. The summed E-state index contributed by atoms with van der Waals surface area (Å²) in [5.74, 6) is -0.0381. The van der Waals surface area contributed by atoms with Crippen molar-refractivity contribution in [1.82, 2.24) is 0 Å². The molecule has 6 heteroatoms. The fraction of sp³-hybridized carbons (Fsp3) is 0.143. The van der Waals surface area contributed by atoms with E-state index in [9.17, 15) is 9.50 Å². The Morgan fingerprint density at radius 3 is 2.50 bits per heavy atom. The van der Waals surface area contributed by atoms with Gasteiger partial charge >= 0.3 is 0 Å². The molecule has 2 aromatic rings. The van der Waals surface area contributed by atoms with Crippen LogP contribution in [-0.2, 0) is 0 Å². The quantitative estimate of drug-likeness (QED) is 0.814.